The lowest BCUT2D eigenvalue weighted by Gasteiger charge is -2.21. The third-order valence-corrected chi connectivity index (χ3v) is 3.98. The van der Waals surface area contributed by atoms with Crippen molar-refractivity contribution in [3.63, 3.8) is 0 Å². The summed E-state index contributed by atoms with van der Waals surface area (Å²) < 4.78 is 32.1. The number of benzene rings is 1. The summed E-state index contributed by atoms with van der Waals surface area (Å²) in [5.41, 5.74) is -0.343. The zero-order chi connectivity index (χ0) is 16.8. The Morgan fingerprint density at radius 2 is 2.00 bits per heavy atom. The van der Waals surface area contributed by atoms with Crippen molar-refractivity contribution in [1.82, 2.24) is 5.32 Å². The Hall–Kier alpha value is -1.82. The van der Waals surface area contributed by atoms with E-state index in [0.717, 1.165) is 43.9 Å². The SMILES string of the molecule is CCOC(=O)CC(NC1CCCC1)C(=O)c1cc(F)ccc1F. The molecule has 0 bridgehead atoms. The highest BCUT2D eigenvalue weighted by Crippen LogP contribution is 2.20. The minimum Gasteiger partial charge on any atom is -0.466 e. The van der Waals surface area contributed by atoms with Crippen LogP contribution in [0.1, 0.15) is 49.4 Å². The number of carbonyl (C=O) groups excluding carboxylic acids is 2. The second-order valence-corrected chi connectivity index (χ2v) is 5.70. The first-order valence-corrected chi connectivity index (χ1v) is 7.92. The van der Waals surface area contributed by atoms with E-state index in [1.54, 1.807) is 6.92 Å². The molecular weight excluding hydrogens is 304 g/mol. The lowest BCUT2D eigenvalue weighted by Crippen LogP contribution is -2.44. The molecule has 1 saturated carbocycles. The number of hydrogen-bond donors (Lipinski definition) is 1. The van der Waals surface area contributed by atoms with Crippen molar-refractivity contribution < 1.29 is 23.1 Å². The number of ether oxygens (including phenoxy) is 1. The summed E-state index contributed by atoms with van der Waals surface area (Å²) in [6, 6.07) is 1.94. The molecule has 1 atom stereocenters. The standard InChI is InChI=1S/C17H21F2NO3/c1-2-23-16(21)10-15(20-12-5-3-4-6-12)17(22)13-9-11(18)7-8-14(13)19/h7-9,12,15,20H,2-6,10H2,1H3. The first-order valence-electron chi connectivity index (χ1n) is 7.92. The molecular formula is C17H21F2NO3. The quantitative estimate of drug-likeness (QED) is 0.618. The number of Topliss-reactive ketones (excluding diaryl/α,β-unsaturated/α-hetero) is 1. The average molecular weight is 325 g/mol. The number of nitrogens with one attached hydrogen (secondary N) is 1. The summed E-state index contributed by atoms with van der Waals surface area (Å²) in [4.78, 5) is 24.3. The summed E-state index contributed by atoms with van der Waals surface area (Å²) in [6.07, 6.45) is 3.70. The van der Waals surface area contributed by atoms with Gasteiger partial charge in [-0.3, -0.25) is 9.59 Å². The van der Waals surface area contributed by atoms with E-state index in [2.05, 4.69) is 5.32 Å². The Morgan fingerprint density at radius 1 is 1.30 bits per heavy atom. The summed E-state index contributed by atoms with van der Waals surface area (Å²) >= 11 is 0. The van der Waals surface area contributed by atoms with E-state index in [-0.39, 0.29) is 24.6 Å². The molecule has 23 heavy (non-hydrogen) atoms. The summed E-state index contributed by atoms with van der Waals surface area (Å²) in [5.74, 6) is -2.64. The third-order valence-electron chi connectivity index (χ3n) is 3.98. The Morgan fingerprint density at radius 3 is 2.65 bits per heavy atom. The monoisotopic (exact) mass is 325 g/mol. The highest BCUT2D eigenvalue weighted by molar-refractivity contribution is 6.02. The molecule has 1 aliphatic carbocycles. The average Bonchev–Trinajstić information content (AvgIpc) is 3.01. The van der Waals surface area contributed by atoms with Gasteiger partial charge >= 0.3 is 5.97 Å². The van der Waals surface area contributed by atoms with Gasteiger partial charge in [0.05, 0.1) is 24.6 Å². The third kappa shape index (κ3) is 4.82. The van der Waals surface area contributed by atoms with Gasteiger partial charge in [-0.15, -0.1) is 0 Å². The molecule has 0 aromatic heterocycles. The van der Waals surface area contributed by atoms with Gasteiger partial charge in [0, 0.05) is 6.04 Å². The molecule has 126 valence electrons. The fraction of sp³-hybridized carbons (Fsp3) is 0.529. The van der Waals surface area contributed by atoms with Crippen LogP contribution in [-0.2, 0) is 9.53 Å². The number of halogens is 2. The molecule has 1 aromatic carbocycles. The van der Waals surface area contributed by atoms with Crippen molar-refractivity contribution in [2.45, 2.75) is 51.1 Å². The first kappa shape index (κ1) is 17.5. The predicted molar refractivity (Wildman–Crippen MR) is 81.1 cm³/mol. The molecule has 1 N–H and O–H groups in total. The summed E-state index contributed by atoms with van der Waals surface area (Å²) in [6.45, 7) is 1.88. The molecule has 0 aliphatic heterocycles. The van der Waals surface area contributed by atoms with Crippen LogP contribution in [-0.4, -0.2) is 30.4 Å². The van der Waals surface area contributed by atoms with Crippen molar-refractivity contribution in [3.05, 3.63) is 35.4 Å². The normalized spacial score (nSPS) is 16.3. The molecule has 0 amide bonds. The second kappa shape index (κ2) is 8.15. The van der Waals surface area contributed by atoms with Crippen LogP contribution in [0.2, 0.25) is 0 Å². The van der Waals surface area contributed by atoms with E-state index in [9.17, 15) is 18.4 Å². The van der Waals surface area contributed by atoms with Gasteiger partial charge < -0.3 is 10.1 Å². The van der Waals surface area contributed by atoms with E-state index in [4.69, 9.17) is 4.74 Å². The molecule has 0 heterocycles. The zero-order valence-electron chi connectivity index (χ0n) is 13.1. The van der Waals surface area contributed by atoms with Gasteiger partial charge in [0.25, 0.3) is 0 Å². The summed E-state index contributed by atoms with van der Waals surface area (Å²) in [7, 11) is 0. The smallest absolute Gasteiger partial charge is 0.307 e. The maximum atomic E-state index is 13.8. The van der Waals surface area contributed by atoms with Crippen molar-refractivity contribution in [2.24, 2.45) is 0 Å². The molecule has 0 spiro atoms. The lowest BCUT2D eigenvalue weighted by atomic mass is 9.99. The van der Waals surface area contributed by atoms with Gasteiger partial charge in [-0.1, -0.05) is 12.8 Å². The number of ketones is 1. The second-order valence-electron chi connectivity index (χ2n) is 5.70. The van der Waals surface area contributed by atoms with Crippen molar-refractivity contribution >= 4 is 11.8 Å². The Kier molecular flexibility index (Phi) is 6.21. The summed E-state index contributed by atoms with van der Waals surface area (Å²) in [5, 5.41) is 3.11. The Bertz CT molecular complexity index is 571. The van der Waals surface area contributed by atoms with Crippen LogP contribution in [0.3, 0.4) is 0 Å². The number of carbonyl (C=O) groups is 2. The van der Waals surface area contributed by atoms with Crippen molar-refractivity contribution in [3.8, 4) is 0 Å². The van der Waals surface area contributed by atoms with Crippen LogP contribution in [0.4, 0.5) is 8.78 Å². The van der Waals surface area contributed by atoms with Gasteiger partial charge in [-0.25, -0.2) is 8.78 Å². The molecule has 1 aliphatic rings. The first-order chi connectivity index (χ1) is 11.0. The van der Waals surface area contributed by atoms with Crippen LogP contribution in [0.5, 0.6) is 0 Å². The molecule has 0 saturated heterocycles. The molecule has 2 rings (SSSR count). The predicted octanol–water partition coefficient (Wildman–Crippen LogP) is 3.00. The number of hydrogen-bond acceptors (Lipinski definition) is 4. The zero-order valence-corrected chi connectivity index (χ0v) is 13.1. The molecule has 1 unspecified atom stereocenters. The van der Waals surface area contributed by atoms with E-state index < -0.39 is 29.4 Å². The molecule has 1 aromatic rings. The van der Waals surface area contributed by atoms with Gasteiger partial charge in [0.15, 0.2) is 5.78 Å². The maximum absolute atomic E-state index is 13.8. The molecule has 1 fully saturated rings. The van der Waals surface area contributed by atoms with Gasteiger partial charge in [-0.2, -0.15) is 0 Å². The minimum atomic E-state index is -0.909. The van der Waals surface area contributed by atoms with Gasteiger partial charge in [0.2, 0.25) is 0 Å². The number of rotatable bonds is 7. The van der Waals surface area contributed by atoms with Crippen LogP contribution in [0.25, 0.3) is 0 Å². The van der Waals surface area contributed by atoms with Crippen LogP contribution >= 0.6 is 0 Å². The highest BCUT2D eigenvalue weighted by Gasteiger charge is 2.29. The fourth-order valence-corrected chi connectivity index (χ4v) is 2.86. The van der Waals surface area contributed by atoms with E-state index in [0.29, 0.717) is 0 Å². The van der Waals surface area contributed by atoms with Crippen molar-refractivity contribution in [2.75, 3.05) is 6.61 Å². The van der Waals surface area contributed by atoms with Crippen LogP contribution in [0.15, 0.2) is 18.2 Å². The maximum Gasteiger partial charge on any atom is 0.307 e. The van der Waals surface area contributed by atoms with E-state index in [1.165, 1.54) is 0 Å². The number of esters is 1. The van der Waals surface area contributed by atoms with Crippen molar-refractivity contribution in [1.29, 1.82) is 0 Å². The van der Waals surface area contributed by atoms with E-state index in [1.807, 2.05) is 0 Å². The van der Waals surface area contributed by atoms with Crippen LogP contribution in [0, 0.1) is 11.6 Å². The molecule has 6 heteroatoms. The van der Waals surface area contributed by atoms with Gasteiger partial charge in [0.1, 0.15) is 11.6 Å². The largest absolute Gasteiger partial charge is 0.466 e. The Balaban J connectivity index is 2.18. The fourth-order valence-electron chi connectivity index (χ4n) is 2.86. The highest BCUT2D eigenvalue weighted by atomic mass is 19.1. The Labute approximate surface area is 134 Å². The topological polar surface area (TPSA) is 55.4 Å². The minimum absolute atomic E-state index is 0.106. The van der Waals surface area contributed by atoms with Gasteiger partial charge in [-0.05, 0) is 38.0 Å². The lowest BCUT2D eigenvalue weighted by molar-refractivity contribution is -0.143. The molecule has 4 nitrogen and oxygen atoms in total. The van der Waals surface area contributed by atoms with E-state index >= 15 is 0 Å². The molecule has 0 radical (unpaired) electrons. The van der Waals surface area contributed by atoms with Crippen LogP contribution < -0.4 is 5.32 Å².